The molecule has 0 saturated heterocycles. The van der Waals surface area contributed by atoms with Crippen LogP contribution in [0, 0.1) is 17.6 Å². The maximum Gasteiger partial charge on any atom is 0.126 e. The van der Waals surface area contributed by atoms with Crippen molar-refractivity contribution >= 4 is 0 Å². The second-order valence-electron chi connectivity index (χ2n) is 11.9. The maximum absolute atomic E-state index is 13.8. The average Bonchev–Trinajstić information content (AvgIpc) is 3.64. The summed E-state index contributed by atoms with van der Waals surface area (Å²) in [6, 6.07) is 12.3. The monoisotopic (exact) mass is 484 g/mol. The normalized spacial score (nSPS) is 19.9. The molecule has 2 aliphatic carbocycles. The van der Waals surface area contributed by atoms with Crippen molar-refractivity contribution in [1.29, 1.82) is 0 Å². The molecule has 2 unspecified atom stereocenters. The molecule has 2 aliphatic rings. The molecule has 0 radical (unpaired) electrons. The minimum Gasteiger partial charge on any atom is -0.390 e. The van der Waals surface area contributed by atoms with Crippen LogP contribution in [0.2, 0.25) is 0 Å². The quantitative estimate of drug-likeness (QED) is 0.389. The summed E-state index contributed by atoms with van der Waals surface area (Å²) in [5.41, 5.74) is 3.10. The zero-order chi connectivity index (χ0) is 25.1. The second kappa shape index (κ2) is 11.1. The van der Waals surface area contributed by atoms with Crippen LogP contribution >= 0.6 is 0 Å². The Balaban J connectivity index is 1.50. The molecule has 2 saturated carbocycles. The summed E-state index contributed by atoms with van der Waals surface area (Å²) in [7, 11) is 0. The van der Waals surface area contributed by atoms with Crippen LogP contribution < -0.4 is 10.6 Å². The molecule has 0 amide bonds. The minimum atomic E-state index is -0.676. The van der Waals surface area contributed by atoms with Crippen LogP contribution in [0.5, 0.6) is 0 Å². The van der Waals surface area contributed by atoms with Crippen molar-refractivity contribution in [3.8, 4) is 0 Å². The van der Waals surface area contributed by atoms with E-state index in [1.54, 1.807) is 0 Å². The minimum absolute atomic E-state index is 0.0729. The standard InChI is InChI=1S/C30H42F2N2O/c1-29(2,3)23-8-7-9-24(17-23)30(12-5-4-6-13-30)34-20-28(35)27(33-19-21-10-11-21)16-22-14-25(31)18-26(32)15-22/h7-9,14-15,17-18,21,27-28,33-35H,4-6,10-13,16,19-20H2,1-3H3. The highest BCUT2D eigenvalue weighted by molar-refractivity contribution is 5.34. The van der Waals surface area contributed by atoms with Crippen LogP contribution in [0.3, 0.4) is 0 Å². The van der Waals surface area contributed by atoms with Crippen LogP contribution in [0.1, 0.15) is 82.4 Å². The van der Waals surface area contributed by atoms with Gasteiger partial charge in [0.15, 0.2) is 0 Å². The summed E-state index contributed by atoms with van der Waals surface area (Å²) in [5, 5.41) is 18.6. The Labute approximate surface area is 209 Å². The lowest BCUT2D eigenvalue weighted by Gasteiger charge is -2.41. The van der Waals surface area contributed by atoms with E-state index in [1.165, 1.54) is 42.5 Å². The van der Waals surface area contributed by atoms with E-state index in [4.69, 9.17) is 0 Å². The fourth-order valence-electron chi connectivity index (χ4n) is 5.42. The van der Waals surface area contributed by atoms with Crippen LogP contribution in [-0.2, 0) is 17.4 Å². The number of hydrogen-bond acceptors (Lipinski definition) is 3. The van der Waals surface area contributed by atoms with Crippen molar-refractivity contribution < 1.29 is 13.9 Å². The molecule has 0 spiro atoms. The van der Waals surface area contributed by atoms with Crippen molar-refractivity contribution in [2.45, 2.75) is 95.2 Å². The molecule has 3 nitrogen and oxygen atoms in total. The highest BCUT2D eigenvalue weighted by Crippen LogP contribution is 2.38. The van der Waals surface area contributed by atoms with E-state index in [-0.39, 0.29) is 17.0 Å². The summed E-state index contributed by atoms with van der Waals surface area (Å²) in [6.45, 7) is 7.98. The Morgan fingerprint density at radius 1 is 1.00 bits per heavy atom. The van der Waals surface area contributed by atoms with E-state index < -0.39 is 17.7 Å². The molecule has 0 bridgehead atoms. The van der Waals surface area contributed by atoms with E-state index in [0.29, 0.717) is 24.4 Å². The van der Waals surface area contributed by atoms with Gasteiger partial charge in [-0.25, -0.2) is 8.78 Å². The second-order valence-corrected chi connectivity index (χ2v) is 11.9. The Morgan fingerprint density at radius 3 is 2.31 bits per heavy atom. The largest absolute Gasteiger partial charge is 0.390 e. The molecular formula is C30H42F2N2O. The van der Waals surface area contributed by atoms with Crippen molar-refractivity contribution in [2.24, 2.45) is 5.92 Å². The summed E-state index contributed by atoms with van der Waals surface area (Å²) < 4.78 is 27.6. The molecule has 2 aromatic carbocycles. The van der Waals surface area contributed by atoms with Gasteiger partial charge in [0.1, 0.15) is 11.6 Å². The predicted molar refractivity (Wildman–Crippen MR) is 138 cm³/mol. The Kier molecular flexibility index (Phi) is 8.30. The Morgan fingerprint density at radius 2 is 1.69 bits per heavy atom. The third-order valence-electron chi connectivity index (χ3n) is 7.85. The van der Waals surface area contributed by atoms with Crippen LogP contribution in [-0.4, -0.2) is 30.3 Å². The molecular weight excluding hydrogens is 442 g/mol. The van der Waals surface area contributed by atoms with Gasteiger partial charge in [-0.15, -0.1) is 0 Å². The first-order valence-corrected chi connectivity index (χ1v) is 13.4. The van der Waals surface area contributed by atoms with Gasteiger partial charge in [-0.3, -0.25) is 0 Å². The molecule has 192 valence electrons. The molecule has 0 aliphatic heterocycles. The van der Waals surface area contributed by atoms with E-state index in [1.807, 2.05) is 0 Å². The van der Waals surface area contributed by atoms with Gasteiger partial charge < -0.3 is 15.7 Å². The van der Waals surface area contributed by atoms with Crippen LogP contribution in [0.4, 0.5) is 8.78 Å². The molecule has 0 heterocycles. The van der Waals surface area contributed by atoms with Gasteiger partial charge in [0.2, 0.25) is 0 Å². The van der Waals surface area contributed by atoms with E-state index >= 15 is 0 Å². The predicted octanol–water partition coefficient (Wildman–Crippen LogP) is 5.98. The SMILES string of the molecule is CC(C)(C)c1cccc(C2(NCC(O)C(Cc3cc(F)cc(F)c3)NCC3CC3)CCCCC2)c1. The summed E-state index contributed by atoms with van der Waals surface area (Å²) in [4.78, 5) is 0. The molecule has 5 heteroatoms. The third-order valence-corrected chi connectivity index (χ3v) is 7.85. The van der Waals surface area contributed by atoms with Crippen LogP contribution in [0.25, 0.3) is 0 Å². The highest BCUT2D eigenvalue weighted by Gasteiger charge is 2.35. The Bertz CT molecular complexity index is 956. The summed E-state index contributed by atoms with van der Waals surface area (Å²) in [6.07, 6.45) is 7.77. The molecule has 2 fully saturated rings. The van der Waals surface area contributed by atoms with Gasteiger partial charge in [-0.05, 0) is 78.8 Å². The van der Waals surface area contributed by atoms with Gasteiger partial charge in [-0.2, -0.15) is 0 Å². The maximum atomic E-state index is 13.8. The van der Waals surface area contributed by atoms with Crippen molar-refractivity contribution in [2.75, 3.05) is 13.1 Å². The number of aliphatic hydroxyl groups is 1. The number of benzene rings is 2. The van der Waals surface area contributed by atoms with Crippen molar-refractivity contribution in [3.05, 3.63) is 70.8 Å². The lowest BCUT2D eigenvalue weighted by Crippen LogP contribution is -2.52. The molecule has 2 aromatic rings. The van der Waals surface area contributed by atoms with E-state index in [0.717, 1.165) is 38.3 Å². The van der Waals surface area contributed by atoms with E-state index in [2.05, 4.69) is 55.7 Å². The molecule has 3 N–H and O–H groups in total. The average molecular weight is 485 g/mol. The zero-order valence-electron chi connectivity index (χ0n) is 21.5. The summed E-state index contributed by atoms with van der Waals surface area (Å²) >= 11 is 0. The highest BCUT2D eigenvalue weighted by atomic mass is 19.1. The fourth-order valence-corrected chi connectivity index (χ4v) is 5.42. The Hall–Kier alpha value is -1.82. The van der Waals surface area contributed by atoms with Gasteiger partial charge in [-0.1, -0.05) is 64.3 Å². The molecule has 35 heavy (non-hydrogen) atoms. The smallest absolute Gasteiger partial charge is 0.126 e. The topological polar surface area (TPSA) is 44.3 Å². The first kappa shape index (κ1) is 26.2. The number of halogens is 2. The van der Waals surface area contributed by atoms with Gasteiger partial charge in [0.25, 0.3) is 0 Å². The lowest BCUT2D eigenvalue weighted by atomic mass is 9.74. The molecule has 0 aromatic heterocycles. The molecule has 4 rings (SSSR count). The van der Waals surface area contributed by atoms with Crippen LogP contribution in [0.15, 0.2) is 42.5 Å². The number of aliphatic hydroxyl groups excluding tert-OH is 1. The third kappa shape index (κ3) is 7.12. The number of hydrogen-bond donors (Lipinski definition) is 3. The van der Waals surface area contributed by atoms with Gasteiger partial charge in [0.05, 0.1) is 6.10 Å². The van der Waals surface area contributed by atoms with Crippen molar-refractivity contribution in [1.82, 2.24) is 10.6 Å². The first-order valence-electron chi connectivity index (χ1n) is 13.4. The summed E-state index contributed by atoms with van der Waals surface area (Å²) in [5.74, 6) is -0.506. The van der Waals surface area contributed by atoms with Gasteiger partial charge >= 0.3 is 0 Å². The number of nitrogens with one attached hydrogen (secondary N) is 2. The number of rotatable bonds is 10. The van der Waals surface area contributed by atoms with E-state index in [9.17, 15) is 13.9 Å². The fraction of sp³-hybridized carbons (Fsp3) is 0.600. The van der Waals surface area contributed by atoms with Crippen molar-refractivity contribution in [3.63, 3.8) is 0 Å². The molecule has 2 atom stereocenters. The first-order chi connectivity index (χ1) is 16.6. The lowest BCUT2D eigenvalue weighted by molar-refractivity contribution is 0.103. The zero-order valence-corrected chi connectivity index (χ0v) is 21.5. The van der Waals surface area contributed by atoms with Gasteiger partial charge in [0, 0.05) is 24.2 Å².